The van der Waals surface area contributed by atoms with Crippen molar-refractivity contribution in [1.29, 1.82) is 0 Å². The zero-order valence-corrected chi connectivity index (χ0v) is 15.9. The minimum atomic E-state index is -3.17. The summed E-state index contributed by atoms with van der Waals surface area (Å²) >= 11 is -3.17. The van der Waals surface area contributed by atoms with E-state index in [1.807, 2.05) is 0 Å². The molecule has 0 heterocycles. The standard InChI is InChI=1S/C20H13F2IO4/c21-16-10-6-14(7-11-16)19(24)26-23(18-4-2-1-3-5-18)27-20(25)15-8-12-17(22)13-9-15/h1-13H. The summed E-state index contributed by atoms with van der Waals surface area (Å²) < 4.78 is 37.6. The van der Waals surface area contributed by atoms with Crippen molar-refractivity contribution < 1.29 is 24.5 Å². The number of carbonyl (C=O) groups excluding carboxylic acids is 2. The van der Waals surface area contributed by atoms with Gasteiger partial charge in [0, 0.05) is 0 Å². The summed E-state index contributed by atoms with van der Waals surface area (Å²) in [4.78, 5) is 24.7. The van der Waals surface area contributed by atoms with E-state index in [9.17, 15) is 18.4 Å². The molecule has 4 nitrogen and oxygen atoms in total. The van der Waals surface area contributed by atoms with Gasteiger partial charge in [-0.05, 0) is 0 Å². The van der Waals surface area contributed by atoms with Crippen LogP contribution in [0.3, 0.4) is 0 Å². The van der Waals surface area contributed by atoms with Gasteiger partial charge in [-0.2, -0.15) is 0 Å². The fraction of sp³-hybridized carbons (Fsp3) is 0. The first-order chi connectivity index (χ1) is 13.0. The fourth-order valence-electron chi connectivity index (χ4n) is 2.01. The molecule has 0 radical (unpaired) electrons. The van der Waals surface area contributed by atoms with E-state index in [1.54, 1.807) is 30.3 Å². The average Bonchev–Trinajstić information content (AvgIpc) is 2.69. The molecule has 0 aliphatic rings. The molecule has 0 spiro atoms. The van der Waals surface area contributed by atoms with Crippen molar-refractivity contribution in [3.8, 4) is 0 Å². The molecule has 0 unspecified atom stereocenters. The van der Waals surface area contributed by atoms with Crippen molar-refractivity contribution in [1.82, 2.24) is 0 Å². The van der Waals surface area contributed by atoms with E-state index >= 15 is 0 Å². The molecular formula is C20H13F2IO4. The number of carbonyl (C=O) groups is 2. The second-order valence-electron chi connectivity index (χ2n) is 5.26. The summed E-state index contributed by atoms with van der Waals surface area (Å²) in [6, 6.07) is 18.4. The van der Waals surface area contributed by atoms with Crippen LogP contribution in [0.2, 0.25) is 0 Å². The molecule has 0 amide bonds. The van der Waals surface area contributed by atoms with Gasteiger partial charge in [-0.15, -0.1) is 0 Å². The van der Waals surface area contributed by atoms with Gasteiger partial charge in [0.15, 0.2) is 0 Å². The van der Waals surface area contributed by atoms with Gasteiger partial charge >= 0.3 is 162 Å². The van der Waals surface area contributed by atoms with Gasteiger partial charge in [0.05, 0.1) is 0 Å². The summed E-state index contributed by atoms with van der Waals surface area (Å²) in [5.74, 6) is -2.38. The van der Waals surface area contributed by atoms with Gasteiger partial charge in [-0.1, -0.05) is 0 Å². The molecule has 0 bridgehead atoms. The maximum atomic E-state index is 13.0. The van der Waals surface area contributed by atoms with Crippen LogP contribution < -0.4 is 0 Å². The van der Waals surface area contributed by atoms with Crippen LogP contribution in [0, 0.1) is 15.2 Å². The molecule has 27 heavy (non-hydrogen) atoms. The third-order valence-corrected chi connectivity index (χ3v) is 6.69. The Morgan fingerprint density at radius 2 is 1.04 bits per heavy atom. The Balaban J connectivity index is 1.81. The second-order valence-corrected chi connectivity index (χ2v) is 8.62. The Hall–Kier alpha value is -2.81. The first-order valence-corrected chi connectivity index (χ1v) is 10.6. The van der Waals surface area contributed by atoms with Crippen LogP contribution >= 0.6 is 20.6 Å². The zero-order chi connectivity index (χ0) is 19.2. The number of rotatable bonds is 5. The van der Waals surface area contributed by atoms with E-state index < -0.39 is 44.2 Å². The van der Waals surface area contributed by atoms with E-state index in [1.165, 1.54) is 24.3 Å². The molecule has 0 saturated carbocycles. The van der Waals surface area contributed by atoms with Crippen LogP contribution in [0.5, 0.6) is 0 Å². The molecule has 0 fully saturated rings. The molecule has 7 heteroatoms. The van der Waals surface area contributed by atoms with Crippen LogP contribution in [-0.4, -0.2) is 11.9 Å². The van der Waals surface area contributed by atoms with Gasteiger partial charge in [0.1, 0.15) is 0 Å². The van der Waals surface area contributed by atoms with Crippen molar-refractivity contribution in [2.75, 3.05) is 0 Å². The van der Waals surface area contributed by atoms with E-state index in [4.69, 9.17) is 6.13 Å². The van der Waals surface area contributed by atoms with E-state index in [2.05, 4.69) is 0 Å². The first-order valence-electron chi connectivity index (χ1n) is 7.75. The summed E-state index contributed by atoms with van der Waals surface area (Å²) in [5.41, 5.74) is 0.292. The van der Waals surface area contributed by atoms with Crippen LogP contribution in [0.1, 0.15) is 20.7 Å². The quantitative estimate of drug-likeness (QED) is 0.471. The molecule has 138 valence electrons. The molecule has 3 aromatic carbocycles. The molecule has 0 atom stereocenters. The first kappa shape index (κ1) is 19.0. The summed E-state index contributed by atoms with van der Waals surface area (Å²) in [6.45, 7) is 0. The topological polar surface area (TPSA) is 52.6 Å². The van der Waals surface area contributed by atoms with Crippen LogP contribution in [0.15, 0.2) is 78.9 Å². The number of hydrogen-bond acceptors (Lipinski definition) is 4. The van der Waals surface area contributed by atoms with Crippen molar-refractivity contribution >= 4 is 32.6 Å². The summed E-state index contributed by atoms with van der Waals surface area (Å²) in [5, 5.41) is 0. The van der Waals surface area contributed by atoms with Crippen molar-refractivity contribution in [3.63, 3.8) is 0 Å². The van der Waals surface area contributed by atoms with Crippen LogP contribution in [-0.2, 0) is 6.13 Å². The molecule has 3 rings (SSSR count). The molecule has 0 aliphatic carbocycles. The third-order valence-electron chi connectivity index (χ3n) is 3.35. The van der Waals surface area contributed by atoms with Gasteiger partial charge < -0.3 is 0 Å². The Kier molecular flexibility index (Phi) is 6.12. The van der Waals surface area contributed by atoms with E-state index in [0.717, 1.165) is 24.3 Å². The van der Waals surface area contributed by atoms with E-state index in [0.29, 0.717) is 3.57 Å². The Labute approximate surface area is 162 Å². The molecular weight excluding hydrogens is 469 g/mol. The summed E-state index contributed by atoms with van der Waals surface area (Å²) in [6.07, 6.45) is 0. The third kappa shape index (κ3) is 5.10. The fourth-order valence-corrected chi connectivity index (χ4v) is 4.85. The Morgan fingerprint density at radius 1 is 0.630 bits per heavy atom. The van der Waals surface area contributed by atoms with Crippen LogP contribution in [0.4, 0.5) is 8.78 Å². The zero-order valence-electron chi connectivity index (χ0n) is 13.8. The van der Waals surface area contributed by atoms with Crippen molar-refractivity contribution in [3.05, 3.63) is 105 Å². The number of hydrogen-bond donors (Lipinski definition) is 0. The summed E-state index contributed by atoms with van der Waals surface area (Å²) in [7, 11) is 0. The molecule has 3 aromatic rings. The molecule has 0 saturated heterocycles. The monoisotopic (exact) mass is 482 g/mol. The normalized spacial score (nSPS) is 10.8. The van der Waals surface area contributed by atoms with Crippen LogP contribution in [0.25, 0.3) is 0 Å². The number of benzene rings is 3. The van der Waals surface area contributed by atoms with E-state index in [-0.39, 0.29) is 11.1 Å². The maximum absolute atomic E-state index is 13.0. The van der Waals surface area contributed by atoms with Gasteiger partial charge in [0.25, 0.3) is 0 Å². The molecule has 0 N–H and O–H groups in total. The second kappa shape index (κ2) is 8.72. The number of halogens is 3. The van der Waals surface area contributed by atoms with Gasteiger partial charge in [-0.25, -0.2) is 0 Å². The predicted molar refractivity (Wildman–Crippen MR) is 103 cm³/mol. The van der Waals surface area contributed by atoms with Gasteiger partial charge in [-0.3, -0.25) is 0 Å². The minimum absolute atomic E-state index is 0.146. The van der Waals surface area contributed by atoms with Crippen molar-refractivity contribution in [2.24, 2.45) is 0 Å². The molecule has 0 aromatic heterocycles. The molecule has 0 aliphatic heterocycles. The Morgan fingerprint density at radius 3 is 1.44 bits per heavy atom. The van der Waals surface area contributed by atoms with Gasteiger partial charge in [0.2, 0.25) is 0 Å². The van der Waals surface area contributed by atoms with Crippen molar-refractivity contribution in [2.45, 2.75) is 0 Å². The SMILES string of the molecule is O=C(OI(OC(=O)c1ccc(F)cc1)c1ccccc1)c1ccc(F)cc1. The average molecular weight is 482 g/mol. The predicted octanol–water partition coefficient (Wildman–Crippen LogP) is 5.18. The Bertz CT molecular complexity index is 869.